The molecule has 4 rings (SSSR count). The van der Waals surface area contributed by atoms with Gasteiger partial charge in [0.25, 0.3) is 0 Å². The zero-order valence-electron chi connectivity index (χ0n) is 14.4. The van der Waals surface area contributed by atoms with Crippen molar-refractivity contribution in [2.24, 2.45) is 0 Å². The van der Waals surface area contributed by atoms with E-state index in [4.69, 9.17) is 4.74 Å². The van der Waals surface area contributed by atoms with Crippen LogP contribution in [-0.2, 0) is 4.74 Å². The van der Waals surface area contributed by atoms with Gasteiger partial charge in [0.2, 0.25) is 0 Å². The number of nitrogens with one attached hydrogen (secondary N) is 1. The van der Waals surface area contributed by atoms with Gasteiger partial charge < -0.3 is 15.0 Å². The van der Waals surface area contributed by atoms with Crippen LogP contribution in [0.3, 0.4) is 0 Å². The van der Waals surface area contributed by atoms with Crippen LogP contribution in [0.1, 0.15) is 12.8 Å². The number of carbonyl (C=O) groups is 1. The molecule has 2 saturated heterocycles. The number of urea groups is 1. The molecule has 2 aliphatic heterocycles. The van der Waals surface area contributed by atoms with Crippen molar-refractivity contribution >= 4 is 22.6 Å². The van der Waals surface area contributed by atoms with E-state index in [-0.39, 0.29) is 6.03 Å². The molecule has 2 fully saturated rings. The van der Waals surface area contributed by atoms with Gasteiger partial charge >= 0.3 is 6.03 Å². The second-order valence-corrected chi connectivity index (χ2v) is 6.73. The number of para-hydroxylation sites is 1. The van der Waals surface area contributed by atoms with E-state index in [0.717, 1.165) is 62.3 Å². The van der Waals surface area contributed by atoms with Crippen LogP contribution in [0, 0.1) is 0 Å². The van der Waals surface area contributed by atoms with Gasteiger partial charge in [-0.1, -0.05) is 18.2 Å². The molecule has 2 aliphatic rings. The first-order valence-electron chi connectivity index (χ1n) is 9.03. The van der Waals surface area contributed by atoms with Crippen LogP contribution in [0.4, 0.5) is 10.5 Å². The maximum atomic E-state index is 12.6. The fraction of sp³-hybridized carbons (Fsp3) is 0.474. The first kappa shape index (κ1) is 16.3. The largest absolute Gasteiger partial charge is 0.377 e. The average molecular weight is 340 g/mol. The summed E-state index contributed by atoms with van der Waals surface area (Å²) in [6.07, 6.45) is 4.46. The number of benzene rings is 1. The zero-order valence-corrected chi connectivity index (χ0v) is 14.4. The Morgan fingerprint density at radius 3 is 2.84 bits per heavy atom. The molecule has 1 aromatic carbocycles. The van der Waals surface area contributed by atoms with E-state index in [9.17, 15) is 4.79 Å². The number of rotatable bonds is 3. The summed E-state index contributed by atoms with van der Waals surface area (Å²) in [6, 6.07) is 9.71. The molecule has 2 amide bonds. The van der Waals surface area contributed by atoms with Crippen LogP contribution in [-0.4, -0.2) is 66.2 Å². The lowest BCUT2D eigenvalue weighted by Gasteiger charge is -2.35. The number of anilines is 1. The van der Waals surface area contributed by atoms with Crippen molar-refractivity contribution in [2.45, 2.75) is 18.9 Å². The maximum Gasteiger partial charge on any atom is 0.321 e. The minimum atomic E-state index is -0.0464. The Bertz CT molecular complexity index is 732. The average Bonchev–Trinajstić information content (AvgIpc) is 3.16. The van der Waals surface area contributed by atoms with Gasteiger partial charge in [-0.05, 0) is 25.0 Å². The molecule has 0 aliphatic carbocycles. The molecule has 3 heterocycles. The predicted molar refractivity (Wildman–Crippen MR) is 97.7 cm³/mol. The SMILES string of the molecule is O=C(Nc1cccc2cccnc12)N1CCN(CC2CCCO2)CC1. The van der Waals surface area contributed by atoms with E-state index < -0.39 is 0 Å². The summed E-state index contributed by atoms with van der Waals surface area (Å²) in [5.74, 6) is 0. The number of ether oxygens (including phenoxy) is 1. The monoisotopic (exact) mass is 340 g/mol. The predicted octanol–water partition coefficient (Wildman–Crippen LogP) is 2.56. The fourth-order valence-corrected chi connectivity index (χ4v) is 3.61. The second kappa shape index (κ2) is 7.37. The number of piperazine rings is 1. The summed E-state index contributed by atoms with van der Waals surface area (Å²) in [4.78, 5) is 21.3. The number of nitrogens with zero attached hydrogens (tertiary/aromatic N) is 3. The number of fused-ring (bicyclic) bond motifs is 1. The van der Waals surface area contributed by atoms with Gasteiger partial charge in [0.15, 0.2) is 0 Å². The normalized spacial score (nSPS) is 21.6. The Hall–Kier alpha value is -2.18. The van der Waals surface area contributed by atoms with Crippen molar-refractivity contribution in [2.75, 3.05) is 44.6 Å². The molecular formula is C19H24N4O2. The highest BCUT2D eigenvalue weighted by molar-refractivity contribution is 5.99. The molecule has 6 nitrogen and oxygen atoms in total. The zero-order chi connectivity index (χ0) is 17.1. The minimum Gasteiger partial charge on any atom is -0.377 e. The van der Waals surface area contributed by atoms with Gasteiger partial charge in [-0.2, -0.15) is 0 Å². The quantitative estimate of drug-likeness (QED) is 0.933. The third-order valence-electron chi connectivity index (χ3n) is 5.02. The van der Waals surface area contributed by atoms with E-state index in [0.29, 0.717) is 6.10 Å². The Balaban J connectivity index is 1.34. The summed E-state index contributed by atoms with van der Waals surface area (Å²) in [5, 5.41) is 4.05. The standard InChI is InChI=1S/C19H24N4O2/c24-19(21-17-7-1-4-15-5-2-8-20-18(15)17)23-11-9-22(10-12-23)14-16-6-3-13-25-16/h1-2,4-5,7-8,16H,3,6,9-14H2,(H,21,24). The van der Waals surface area contributed by atoms with Crippen molar-refractivity contribution in [3.63, 3.8) is 0 Å². The van der Waals surface area contributed by atoms with Crippen molar-refractivity contribution in [1.82, 2.24) is 14.8 Å². The fourth-order valence-electron chi connectivity index (χ4n) is 3.61. The van der Waals surface area contributed by atoms with E-state index in [1.807, 2.05) is 35.2 Å². The molecule has 0 saturated carbocycles. The highest BCUT2D eigenvalue weighted by Crippen LogP contribution is 2.21. The lowest BCUT2D eigenvalue weighted by atomic mass is 10.2. The summed E-state index contributed by atoms with van der Waals surface area (Å²) in [5.41, 5.74) is 1.60. The van der Waals surface area contributed by atoms with Crippen molar-refractivity contribution in [3.05, 3.63) is 36.5 Å². The second-order valence-electron chi connectivity index (χ2n) is 6.73. The van der Waals surface area contributed by atoms with Crippen LogP contribution >= 0.6 is 0 Å². The Labute approximate surface area is 147 Å². The number of carbonyl (C=O) groups excluding carboxylic acids is 1. The van der Waals surface area contributed by atoms with Gasteiger partial charge in [-0.3, -0.25) is 9.88 Å². The highest BCUT2D eigenvalue weighted by atomic mass is 16.5. The van der Waals surface area contributed by atoms with Gasteiger partial charge in [0.1, 0.15) is 0 Å². The van der Waals surface area contributed by atoms with Crippen LogP contribution in [0.25, 0.3) is 10.9 Å². The first-order valence-corrected chi connectivity index (χ1v) is 9.03. The molecule has 132 valence electrons. The Kier molecular flexibility index (Phi) is 4.81. The van der Waals surface area contributed by atoms with Gasteiger partial charge in [-0.25, -0.2) is 4.79 Å². The van der Waals surface area contributed by atoms with Crippen LogP contribution in [0.2, 0.25) is 0 Å². The molecular weight excluding hydrogens is 316 g/mol. The van der Waals surface area contributed by atoms with Crippen molar-refractivity contribution < 1.29 is 9.53 Å². The summed E-state index contributed by atoms with van der Waals surface area (Å²) in [7, 11) is 0. The Morgan fingerprint density at radius 2 is 2.04 bits per heavy atom. The van der Waals surface area contributed by atoms with Crippen LogP contribution in [0.5, 0.6) is 0 Å². The molecule has 1 unspecified atom stereocenters. The Morgan fingerprint density at radius 1 is 1.20 bits per heavy atom. The van der Waals surface area contributed by atoms with E-state index in [2.05, 4.69) is 15.2 Å². The lowest BCUT2D eigenvalue weighted by molar-refractivity contribution is 0.0572. The molecule has 1 N–H and O–H groups in total. The smallest absolute Gasteiger partial charge is 0.321 e. The molecule has 6 heteroatoms. The van der Waals surface area contributed by atoms with Crippen molar-refractivity contribution in [1.29, 1.82) is 0 Å². The number of amides is 2. The van der Waals surface area contributed by atoms with Gasteiger partial charge in [0, 0.05) is 50.9 Å². The summed E-state index contributed by atoms with van der Waals surface area (Å²) in [6.45, 7) is 5.18. The molecule has 25 heavy (non-hydrogen) atoms. The first-order chi connectivity index (χ1) is 12.3. The molecule has 2 aromatic rings. The maximum absolute atomic E-state index is 12.6. The topological polar surface area (TPSA) is 57.7 Å². The van der Waals surface area contributed by atoms with E-state index in [1.54, 1.807) is 6.20 Å². The third-order valence-corrected chi connectivity index (χ3v) is 5.02. The highest BCUT2D eigenvalue weighted by Gasteiger charge is 2.25. The summed E-state index contributed by atoms with van der Waals surface area (Å²) < 4.78 is 5.71. The van der Waals surface area contributed by atoms with Gasteiger partial charge in [0.05, 0.1) is 17.3 Å². The molecule has 0 bridgehead atoms. The lowest BCUT2D eigenvalue weighted by Crippen LogP contribution is -2.51. The molecule has 0 spiro atoms. The number of hydrogen-bond donors (Lipinski definition) is 1. The van der Waals surface area contributed by atoms with Crippen molar-refractivity contribution in [3.8, 4) is 0 Å². The van der Waals surface area contributed by atoms with Crippen LogP contribution < -0.4 is 5.32 Å². The summed E-state index contributed by atoms with van der Waals surface area (Å²) >= 11 is 0. The number of pyridine rings is 1. The molecule has 1 atom stereocenters. The van der Waals surface area contributed by atoms with E-state index >= 15 is 0 Å². The third kappa shape index (κ3) is 3.75. The number of aromatic nitrogens is 1. The van der Waals surface area contributed by atoms with Gasteiger partial charge in [-0.15, -0.1) is 0 Å². The number of hydrogen-bond acceptors (Lipinski definition) is 4. The molecule has 1 aromatic heterocycles. The van der Waals surface area contributed by atoms with Crippen LogP contribution in [0.15, 0.2) is 36.5 Å². The minimum absolute atomic E-state index is 0.0464. The van der Waals surface area contributed by atoms with E-state index in [1.165, 1.54) is 6.42 Å². The molecule has 0 radical (unpaired) electrons.